The Morgan fingerprint density at radius 1 is 0.872 bits per heavy atom. The number of aliphatic hydroxyl groups is 1. The van der Waals surface area contributed by atoms with Crippen molar-refractivity contribution in [2.45, 2.75) is 70.3 Å². The first kappa shape index (κ1) is 32.9. The van der Waals surface area contributed by atoms with Gasteiger partial charge in [-0.25, -0.2) is 0 Å². The number of nitrogens with zero attached hydrogens (tertiary/aromatic N) is 1. The summed E-state index contributed by atoms with van der Waals surface area (Å²) in [4.78, 5) is 15.1. The van der Waals surface area contributed by atoms with Crippen LogP contribution in [0.3, 0.4) is 0 Å². The molecule has 1 saturated carbocycles. The summed E-state index contributed by atoms with van der Waals surface area (Å²) in [6.45, 7) is 8.42. The standard InChI is InChI=1S/C41H46N2O4/c1-3-24-43(37-14-7-8-15-37)27-38-29(2)39(33-18-16-30(28-44)17-19-33)47-41(46-38)35-22-20-32(21-23-35)36-13-9-10-31(25-36)26-42-40(45)34-11-5-4-6-12-34/h3-6,9-13,16-23,25,29,37-39,41,44H,1,7-8,14-15,24,26-28H2,2H3,(H,42,45)/t29-,38+,39+,41+/m1/s1. The van der Waals surface area contributed by atoms with E-state index < -0.39 is 6.29 Å². The lowest BCUT2D eigenvalue weighted by molar-refractivity contribution is -0.276. The average molecular weight is 631 g/mol. The Labute approximate surface area is 279 Å². The summed E-state index contributed by atoms with van der Waals surface area (Å²) in [7, 11) is 0. The van der Waals surface area contributed by atoms with Crippen LogP contribution in [0.25, 0.3) is 11.1 Å². The lowest BCUT2D eigenvalue weighted by atomic mass is 9.89. The van der Waals surface area contributed by atoms with Gasteiger partial charge in [0.2, 0.25) is 0 Å². The summed E-state index contributed by atoms with van der Waals surface area (Å²) in [5.74, 6) is 0.0447. The lowest BCUT2D eigenvalue weighted by Crippen LogP contribution is -2.47. The molecule has 4 atom stereocenters. The molecule has 4 aromatic carbocycles. The number of nitrogens with one attached hydrogen (secondary N) is 1. The molecule has 47 heavy (non-hydrogen) atoms. The Bertz CT molecular complexity index is 1600. The highest BCUT2D eigenvalue weighted by Gasteiger charge is 2.40. The van der Waals surface area contributed by atoms with E-state index in [1.54, 1.807) is 0 Å². The first-order valence-electron chi connectivity index (χ1n) is 16.9. The second kappa shape index (κ2) is 15.7. The van der Waals surface area contributed by atoms with Crippen LogP contribution in [0.1, 0.15) is 77.6 Å². The van der Waals surface area contributed by atoms with Crippen molar-refractivity contribution < 1.29 is 19.4 Å². The zero-order chi connectivity index (χ0) is 32.6. The molecule has 2 fully saturated rings. The molecule has 2 N–H and O–H groups in total. The minimum atomic E-state index is -0.513. The van der Waals surface area contributed by atoms with Gasteiger partial charge >= 0.3 is 0 Å². The van der Waals surface area contributed by atoms with Gasteiger partial charge in [0.1, 0.15) is 0 Å². The van der Waals surface area contributed by atoms with E-state index in [0.717, 1.165) is 46.5 Å². The summed E-state index contributed by atoms with van der Waals surface area (Å²) in [5.41, 5.74) is 6.81. The van der Waals surface area contributed by atoms with E-state index in [1.165, 1.54) is 25.7 Å². The van der Waals surface area contributed by atoms with Crippen LogP contribution in [0.4, 0.5) is 0 Å². The third-order valence-electron chi connectivity index (χ3n) is 9.67. The molecule has 244 valence electrons. The monoisotopic (exact) mass is 630 g/mol. The lowest BCUT2D eigenvalue weighted by Gasteiger charge is -2.43. The third kappa shape index (κ3) is 8.09. The summed E-state index contributed by atoms with van der Waals surface area (Å²) < 4.78 is 13.5. The molecule has 1 aliphatic carbocycles. The van der Waals surface area contributed by atoms with Gasteiger partial charge in [-0.15, -0.1) is 6.58 Å². The normalized spacial score (nSPS) is 21.5. The maximum atomic E-state index is 12.6. The minimum absolute atomic E-state index is 0.0190. The largest absolute Gasteiger partial charge is 0.392 e. The van der Waals surface area contributed by atoms with E-state index in [4.69, 9.17) is 9.47 Å². The average Bonchev–Trinajstić information content (AvgIpc) is 3.67. The maximum Gasteiger partial charge on any atom is 0.251 e. The molecule has 6 nitrogen and oxygen atoms in total. The Balaban J connectivity index is 1.19. The molecule has 0 aromatic heterocycles. The number of carbonyl (C=O) groups excluding carboxylic acids is 1. The molecule has 0 spiro atoms. The number of carbonyl (C=O) groups is 1. The van der Waals surface area contributed by atoms with Crippen molar-refractivity contribution in [3.63, 3.8) is 0 Å². The Morgan fingerprint density at radius 3 is 2.30 bits per heavy atom. The smallest absolute Gasteiger partial charge is 0.251 e. The quantitative estimate of drug-likeness (QED) is 0.155. The molecule has 0 unspecified atom stereocenters. The second-order valence-electron chi connectivity index (χ2n) is 12.9. The van der Waals surface area contributed by atoms with Crippen molar-refractivity contribution in [3.8, 4) is 11.1 Å². The molecule has 6 heteroatoms. The number of amides is 1. The van der Waals surface area contributed by atoms with Crippen molar-refractivity contribution in [2.24, 2.45) is 5.92 Å². The summed E-state index contributed by atoms with van der Waals surface area (Å²) in [6, 6.07) is 34.6. The number of rotatable bonds is 12. The molecule has 1 amide bonds. The van der Waals surface area contributed by atoms with Crippen LogP contribution < -0.4 is 5.32 Å². The number of hydrogen-bond donors (Lipinski definition) is 2. The molecule has 2 aliphatic rings. The SMILES string of the molecule is C=CCN(C[C@@H]1O[C@H](c2ccc(-c3cccc(CNC(=O)c4ccccc4)c3)cc2)O[C@H](c2ccc(CO)cc2)[C@@H]1C)C1CCCC1. The van der Waals surface area contributed by atoms with Gasteiger partial charge in [-0.1, -0.05) is 111 Å². The maximum absolute atomic E-state index is 12.6. The predicted molar refractivity (Wildman–Crippen MR) is 186 cm³/mol. The van der Waals surface area contributed by atoms with Crippen molar-refractivity contribution >= 4 is 5.91 Å². The van der Waals surface area contributed by atoms with Gasteiger partial charge in [-0.2, -0.15) is 0 Å². The fraction of sp³-hybridized carbons (Fsp3) is 0.341. The second-order valence-corrected chi connectivity index (χ2v) is 12.9. The number of aliphatic hydroxyl groups excluding tert-OH is 1. The summed E-state index contributed by atoms with van der Waals surface area (Å²) in [5, 5.41) is 12.6. The molecular weight excluding hydrogens is 584 g/mol. The van der Waals surface area contributed by atoms with Gasteiger partial charge in [-0.05, 0) is 58.9 Å². The van der Waals surface area contributed by atoms with Crippen LogP contribution in [-0.2, 0) is 22.6 Å². The van der Waals surface area contributed by atoms with Gasteiger partial charge < -0.3 is 19.9 Å². The highest BCUT2D eigenvalue weighted by atomic mass is 16.7. The Morgan fingerprint density at radius 2 is 1.60 bits per heavy atom. The van der Waals surface area contributed by atoms with Gasteiger partial charge in [0.25, 0.3) is 5.91 Å². The van der Waals surface area contributed by atoms with Crippen LogP contribution >= 0.6 is 0 Å². The molecular formula is C41H46N2O4. The highest BCUT2D eigenvalue weighted by Crippen LogP contribution is 2.42. The van der Waals surface area contributed by atoms with Crippen LogP contribution in [0.15, 0.2) is 116 Å². The first-order chi connectivity index (χ1) is 23.0. The molecule has 1 saturated heterocycles. The fourth-order valence-corrected chi connectivity index (χ4v) is 6.93. The predicted octanol–water partition coefficient (Wildman–Crippen LogP) is 8.00. The van der Waals surface area contributed by atoms with Crippen LogP contribution in [0.2, 0.25) is 0 Å². The van der Waals surface area contributed by atoms with Crippen molar-refractivity contribution in [2.75, 3.05) is 13.1 Å². The summed E-state index contributed by atoms with van der Waals surface area (Å²) >= 11 is 0. The van der Waals surface area contributed by atoms with E-state index >= 15 is 0 Å². The van der Waals surface area contributed by atoms with Gasteiger partial charge in [-0.3, -0.25) is 9.69 Å². The van der Waals surface area contributed by atoms with Crippen LogP contribution in [-0.4, -0.2) is 41.1 Å². The van der Waals surface area contributed by atoms with Crippen molar-refractivity contribution in [3.05, 3.63) is 144 Å². The zero-order valence-corrected chi connectivity index (χ0v) is 27.3. The zero-order valence-electron chi connectivity index (χ0n) is 27.3. The number of benzene rings is 4. The highest BCUT2D eigenvalue weighted by molar-refractivity contribution is 5.94. The van der Waals surface area contributed by atoms with Crippen LogP contribution in [0, 0.1) is 5.92 Å². The van der Waals surface area contributed by atoms with Gasteiger partial charge in [0.05, 0.1) is 18.8 Å². The van der Waals surface area contributed by atoms with Gasteiger partial charge in [0.15, 0.2) is 6.29 Å². The number of hydrogen-bond acceptors (Lipinski definition) is 5. The van der Waals surface area contributed by atoms with E-state index in [9.17, 15) is 9.90 Å². The molecule has 0 radical (unpaired) electrons. The topological polar surface area (TPSA) is 71.0 Å². The van der Waals surface area contributed by atoms with E-state index in [0.29, 0.717) is 18.2 Å². The Hall–Kier alpha value is -4.07. The Kier molecular flexibility index (Phi) is 11.0. The van der Waals surface area contributed by atoms with E-state index in [-0.39, 0.29) is 30.6 Å². The van der Waals surface area contributed by atoms with Crippen molar-refractivity contribution in [1.29, 1.82) is 0 Å². The minimum Gasteiger partial charge on any atom is -0.392 e. The summed E-state index contributed by atoms with van der Waals surface area (Å²) in [6.07, 6.45) is 6.33. The third-order valence-corrected chi connectivity index (χ3v) is 9.67. The number of ether oxygens (including phenoxy) is 2. The molecule has 1 heterocycles. The molecule has 6 rings (SSSR count). The van der Waals surface area contributed by atoms with E-state index in [1.807, 2.05) is 60.7 Å². The van der Waals surface area contributed by atoms with E-state index in [2.05, 4.69) is 72.3 Å². The fourth-order valence-electron chi connectivity index (χ4n) is 6.93. The van der Waals surface area contributed by atoms with Gasteiger partial charge in [0, 0.05) is 42.7 Å². The molecule has 4 aromatic rings. The first-order valence-corrected chi connectivity index (χ1v) is 16.9. The molecule has 1 aliphatic heterocycles. The van der Waals surface area contributed by atoms with Crippen molar-refractivity contribution in [1.82, 2.24) is 10.2 Å². The molecule has 0 bridgehead atoms. The van der Waals surface area contributed by atoms with Crippen LogP contribution in [0.5, 0.6) is 0 Å².